The Hall–Kier alpha value is -3.33. The number of nitrogens with one attached hydrogen (secondary N) is 1. The molecule has 3 amide bonds. The monoisotopic (exact) mass is 552 g/mol. The summed E-state index contributed by atoms with van der Waals surface area (Å²) in [5.41, 5.74) is -0.838. The summed E-state index contributed by atoms with van der Waals surface area (Å²) in [6, 6.07) is 18.7. The van der Waals surface area contributed by atoms with Crippen molar-refractivity contribution < 1.29 is 19.1 Å². The molecule has 39 heavy (non-hydrogen) atoms. The second-order valence-corrected chi connectivity index (χ2v) is 13.8. The number of amides is 3. The number of alkyl carbamates (subject to hydrolysis) is 1. The number of rotatable bonds is 4. The number of carbonyl (C=O) groups excluding carboxylic acids is 3. The van der Waals surface area contributed by atoms with E-state index in [9.17, 15) is 14.4 Å². The van der Waals surface area contributed by atoms with Gasteiger partial charge in [-0.15, -0.1) is 5.10 Å². The van der Waals surface area contributed by atoms with Crippen molar-refractivity contribution in [2.75, 3.05) is 11.4 Å². The lowest BCUT2D eigenvalue weighted by atomic mass is 9.93. The highest BCUT2D eigenvalue weighted by Gasteiger charge is 2.53. The van der Waals surface area contributed by atoms with Crippen LogP contribution in [0, 0.1) is 10.8 Å². The first-order valence-electron chi connectivity index (χ1n) is 13.0. The number of para-hydroxylation sites is 1. The SMILES string of the molecule is CC(C)(C)OC(=O)NC[C@@]1(c2ccccc2)SC(N(C(=O)C(C)(C)C)c2ccccc2)=NN1C(=O)C(C)(C)C. The van der Waals surface area contributed by atoms with Gasteiger partial charge in [0, 0.05) is 10.8 Å². The largest absolute Gasteiger partial charge is 0.444 e. The van der Waals surface area contributed by atoms with E-state index in [-0.39, 0.29) is 18.4 Å². The maximum Gasteiger partial charge on any atom is 0.407 e. The molecule has 0 aromatic heterocycles. The number of hydrazone groups is 1. The van der Waals surface area contributed by atoms with Crippen LogP contribution in [-0.2, 0) is 19.2 Å². The Morgan fingerprint density at radius 2 is 1.41 bits per heavy atom. The molecule has 0 fully saturated rings. The van der Waals surface area contributed by atoms with E-state index in [0.29, 0.717) is 10.9 Å². The molecule has 0 aliphatic carbocycles. The van der Waals surface area contributed by atoms with Crippen molar-refractivity contribution in [3.8, 4) is 0 Å². The molecule has 1 aliphatic heterocycles. The highest BCUT2D eigenvalue weighted by Crippen LogP contribution is 2.49. The predicted octanol–water partition coefficient (Wildman–Crippen LogP) is 6.34. The lowest BCUT2D eigenvalue weighted by Gasteiger charge is -2.38. The third-order valence-electron chi connectivity index (χ3n) is 5.77. The van der Waals surface area contributed by atoms with Gasteiger partial charge in [0.15, 0.2) is 10.0 Å². The topological polar surface area (TPSA) is 91.3 Å². The number of ether oxygens (including phenoxy) is 1. The molecule has 8 nitrogen and oxygen atoms in total. The fourth-order valence-corrected chi connectivity index (χ4v) is 5.14. The summed E-state index contributed by atoms with van der Waals surface area (Å²) in [5, 5.41) is 9.45. The summed E-state index contributed by atoms with van der Waals surface area (Å²) >= 11 is 1.26. The Morgan fingerprint density at radius 3 is 1.90 bits per heavy atom. The molecular weight excluding hydrogens is 512 g/mol. The lowest BCUT2D eigenvalue weighted by molar-refractivity contribution is -0.143. The van der Waals surface area contributed by atoms with Gasteiger partial charge < -0.3 is 10.1 Å². The first-order valence-corrected chi connectivity index (χ1v) is 13.8. The molecule has 3 rings (SSSR count). The molecule has 2 aromatic carbocycles. The van der Waals surface area contributed by atoms with Crippen LogP contribution in [-0.4, -0.2) is 40.2 Å². The summed E-state index contributed by atoms with van der Waals surface area (Å²) in [6.07, 6.45) is -0.610. The fourth-order valence-electron chi connectivity index (χ4n) is 3.82. The van der Waals surface area contributed by atoms with Crippen LogP contribution in [0.15, 0.2) is 65.8 Å². The zero-order chi connectivity index (χ0) is 29.2. The summed E-state index contributed by atoms with van der Waals surface area (Å²) in [7, 11) is 0. The Morgan fingerprint density at radius 1 is 0.872 bits per heavy atom. The van der Waals surface area contributed by atoms with Gasteiger partial charge in [0.2, 0.25) is 11.8 Å². The summed E-state index contributed by atoms with van der Waals surface area (Å²) in [5.74, 6) is -0.428. The quantitative estimate of drug-likeness (QED) is 0.478. The molecule has 9 heteroatoms. The van der Waals surface area contributed by atoms with Crippen LogP contribution in [0.5, 0.6) is 0 Å². The minimum atomic E-state index is -1.18. The van der Waals surface area contributed by atoms with Crippen LogP contribution in [0.2, 0.25) is 0 Å². The van der Waals surface area contributed by atoms with Crippen LogP contribution in [0.3, 0.4) is 0 Å². The van der Waals surface area contributed by atoms with Gasteiger partial charge >= 0.3 is 6.09 Å². The molecule has 1 N–H and O–H groups in total. The van der Waals surface area contributed by atoms with E-state index in [1.165, 1.54) is 16.8 Å². The normalized spacial score (nSPS) is 17.9. The molecule has 210 valence electrons. The van der Waals surface area contributed by atoms with Gasteiger partial charge in [-0.25, -0.2) is 9.80 Å². The first-order chi connectivity index (χ1) is 18.0. The van der Waals surface area contributed by atoms with Gasteiger partial charge in [0.05, 0.1) is 12.2 Å². The number of hydrogen-bond donors (Lipinski definition) is 1. The number of thioether (sulfide) groups is 1. The number of carbonyl (C=O) groups is 3. The minimum absolute atomic E-state index is 0.00223. The van der Waals surface area contributed by atoms with Crippen LogP contribution < -0.4 is 10.2 Å². The van der Waals surface area contributed by atoms with E-state index >= 15 is 0 Å². The zero-order valence-corrected chi connectivity index (χ0v) is 25.2. The molecule has 0 spiro atoms. The molecular formula is C30H40N4O4S. The maximum atomic E-state index is 14.0. The summed E-state index contributed by atoms with van der Waals surface area (Å²) < 4.78 is 5.50. The smallest absolute Gasteiger partial charge is 0.407 e. The summed E-state index contributed by atoms with van der Waals surface area (Å²) in [4.78, 5) is 41.0. The van der Waals surface area contributed by atoms with Crippen LogP contribution in [0.1, 0.15) is 67.9 Å². The van der Waals surface area contributed by atoms with Gasteiger partial charge in [0.1, 0.15) is 5.60 Å². The summed E-state index contributed by atoms with van der Waals surface area (Å²) in [6.45, 7) is 16.4. The Balaban J connectivity index is 2.19. The van der Waals surface area contributed by atoms with E-state index in [4.69, 9.17) is 9.84 Å². The number of amidine groups is 1. The molecule has 0 radical (unpaired) electrons. The van der Waals surface area contributed by atoms with Gasteiger partial charge in [-0.1, -0.05) is 90.1 Å². The molecule has 0 saturated carbocycles. The molecule has 1 heterocycles. The van der Waals surface area contributed by atoms with Crippen molar-refractivity contribution >= 4 is 40.5 Å². The molecule has 0 unspecified atom stereocenters. The molecule has 0 bridgehead atoms. The van der Waals surface area contributed by atoms with Crippen LogP contribution in [0.25, 0.3) is 0 Å². The van der Waals surface area contributed by atoms with Crippen LogP contribution in [0.4, 0.5) is 10.5 Å². The second-order valence-electron chi connectivity index (χ2n) is 12.6. The zero-order valence-electron chi connectivity index (χ0n) is 24.4. The van der Waals surface area contributed by atoms with Gasteiger partial charge in [0.25, 0.3) is 0 Å². The number of nitrogens with zero attached hydrogens (tertiary/aromatic N) is 3. The number of anilines is 1. The molecule has 1 aliphatic rings. The van der Waals surface area contributed by atoms with E-state index in [1.807, 2.05) is 102 Å². The highest BCUT2D eigenvalue weighted by atomic mass is 32.2. The van der Waals surface area contributed by atoms with Crippen LogP contribution >= 0.6 is 11.8 Å². The van der Waals surface area contributed by atoms with Gasteiger partial charge in [-0.2, -0.15) is 0 Å². The molecule has 2 aromatic rings. The average Bonchev–Trinajstić information content (AvgIpc) is 3.21. The molecule has 0 saturated heterocycles. The van der Waals surface area contributed by atoms with E-state index < -0.39 is 27.4 Å². The van der Waals surface area contributed by atoms with Crippen molar-refractivity contribution in [1.29, 1.82) is 0 Å². The highest BCUT2D eigenvalue weighted by molar-refractivity contribution is 8.15. The maximum absolute atomic E-state index is 14.0. The van der Waals surface area contributed by atoms with Crippen molar-refractivity contribution in [3.05, 3.63) is 66.2 Å². The first kappa shape index (κ1) is 30.2. The van der Waals surface area contributed by atoms with Crippen molar-refractivity contribution in [1.82, 2.24) is 10.3 Å². The third kappa shape index (κ3) is 7.01. The second kappa shape index (κ2) is 11.0. The number of hydrogen-bond acceptors (Lipinski definition) is 6. The predicted molar refractivity (Wildman–Crippen MR) is 157 cm³/mol. The Kier molecular flexibility index (Phi) is 8.55. The lowest BCUT2D eigenvalue weighted by Crippen LogP contribution is -2.52. The van der Waals surface area contributed by atoms with Crippen molar-refractivity contribution in [2.45, 2.75) is 72.8 Å². The average molecular weight is 553 g/mol. The number of benzene rings is 2. The fraction of sp³-hybridized carbons (Fsp3) is 0.467. The van der Waals surface area contributed by atoms with Gasteiger partial charge in [-0.05, 0) is 50.2 Å². The van der Waals surface area contributed by atoms with E-state index in [1.54, 1.807) is 25.7 Å². The molecule has 1 atom stereocenters. The standard InChI is InChI=1S/C30H40N4O4S/c1-27(2,3)23(35)33(22-18-14-11-15-19-22)25-32-34(24(36)28(4,5)6)30(39-25,21-16-12-10-13-17-21)20-31-26(37)38-29(7,8)9/h10-19H,20H2,1-9H3,(H,31,37)/t30-/m0/s1. The van der Waals surface area contributed by atoms with Crippen molar-refractivity contribution in [2.24, 2.45) is 15.9 Å². The van der Waals surface area contributed by atoms with Gasteiger partial charge in [-0.3, -0.25) is 14.5 Å². The third-order valence-corrected chi connectivity index (χ3v) is 7.11. The Labute approximate surface area is 236 Å². The van der Waals surface area contributed by atoms with Crippen molar-refractivity contribution in [3.63, 3.8) is 0 Å². The minimum Gasteiger partial charge on any atom is -0.444 e. The van der Waals surface area contributed by atoms with E-state index in [2.05, 4.69) is 5.32 Å². The Bertz CT molecular complexity index is 1230. The van der Waals surface area contributed by atoms with E-state index in [0.717, 1.165) is 5.56 Å².